The second-order valence-electron chi connectivity index (χ2n) is 5.19. The fourth-order valence-electron chi connectivity index (χ4n) is 3.48. The Morgan fingerprint density at radius 3 is 2.82 bits per heavy atom. The van der Waals surface area contributed by atoms with Gasteiger partial charge in [0.25, 0.3) is 0 Å². The fourth-order valence-corrected chi connectivity index (χ4v) is 3.84. The third-order valence-electron chi connectivity index (χ3n) is 4.28. The lowest BCUT2D eigenvalue weighted by Gasteiger charge is -2.47. The molecule has 3 heteroatoms. The first-order valence-corrected chi connectivity index (χ1v) is 7.35. The van der Waals surface area contributed by atoms with Crippen LogP contribution in [0.4, 0.5) is 11.4 Å². The average Bonchev–Trinajstić information content (AvgIpc) is 2.79. The van der Waals surface area contributed by atoms with Crippen LogP contribution in [0.3, 0.4) is 0 Å². The zero-order chi connectivity index (χ0) is 11.9. The van der Waals surface area contributed by atoms with Crippen LogP contribution in [0.2, 0.25) is 0 Å². The molecule has 0 bridgehead atoms. The minimum Gasteiger partial charge on any atom is -0.381 e. The molecule has 1 aliphatic heterocycles. The summed E-state index contributed by atoms with van der Waals surface area (Å²) in [5.41, 5.74) is 3.04. The molecule has 1 aliphatic carbocycles. The van der Waals surface area contributed by atoms with Crippen LogP contribution in [0.15, 0.2) is 22.7 Å². The van der Waals surface area contributed by atoms with Gasteiger partial charge in [0.15, 0.2) is 0 Å². The minimum absolute atomic E-state index is 0.385. The van der Waals surface area contributed by atoms with Crippen LogP contribution in [-0.2, 0) is 0 Å². The monoisotopic (exact) mass is 294 g/mol. The first kappa shape index (κ1) is 11.4. The first-order chi connectivity index (χ1) is 8.25. The highest BCUT2D eigenvalue weighted by atomic mass is 79.9. The molecular weight excluding hydrogens is 276 g/mol. The number of fused-ring (bicyclic) bond motifs is 1. The lowest BCUT2D eigenvalue weighted by Crippen LogP contribution is -2.54. The molecule has 1 aromatic carbocycles. The van der Waals surface area contributed by atoms with Gasteiger partial charge < -0.3 is 10.2 Å². The zero-order valence-corrected chi connectivity index (χ0v) is 11.9. The van der Waals surface area contributed by atoms with Gasteiger partial charge in [0.05, 0.1) is 16.9 Å². The fraction of sp³-hybridized carbons (Fsp3) is 0.571. The summed E-state index contributed by atoms with van der Waals surface area (Å²) in [5.74, 6) is 0. The van der Waals surface area contributed by atoms with Crippen LogP contribution < -0.4 is 10.2 Å². The molecule has 3 rings (SSSR count). The molecule has 0 saturated heterocycles. The third kappa shape index (κ3) is 1.75. The Bertz CT molecular complexity index is 424. The number of hydrogen-bond donors (Lipinski definition) is 1. The Morgan fingerprint density at radius 2 is 2.12 bits per heavy atom. The molecule has 0 amide bonds. The average molecular weight is 295 g/mol. The molecular formula is C14H19BrN2. The molecule has 1 saturated carbocycles. The number of benzene rings is 1. The third-order valence-corrected chi connectivity index (χ3v) is 4.77. The van der Waals surface area contributed by atoms with Gasteiger partial charge in [0.2, 0.25) is 0 Å². The number of hydrogen-bond acceptors (Lipinski definition) is 2. The lowest BCUT2D eigenvalue weighted by atomic mass is 9.91. The lowest BCUT2D eigenvalue weighted by molar-refractivity contribution is 0.412. The molecule has 0 radical (unpaired) electrons. The number of nitrogens with zero attached hydrogens (tertiary/aromatic N) is 1. The maximum Gasteiger partial charge on any atom is 0.0608 e. The second-order valence-corrected chi connectivity index (χ2v) is 6.11. The van der Waals surface area contributed by atoms with Crippen molar-refractivity contribution in [3.05, 3.63) is 22.7 Å². The predicted octanol–water partition coefficient (Wildman–Crippen LogP) is 4.01. The summed E-state index contributed by atoms with van der Waals surface area (Å²) in [6.07, 6.45) is 5.43. The van der Waals surface area contributed by atoms with Gasteiger partial charge in [-0.3, -0.25) is 0 Å². The SMILES string of the molecule is CCN1c2ccc(Br)cc2NCC12CCCC2. The number of likely N-dealkylation sites (N-methyl/N-ethyl adjacent to an activating group) is 1. The van der Waals surface area contributed by atoms with Crippen molar-refractivity contribution in [3.8, 4) is 0 Å². The van der Waals surface area contributed by atoms with Crippen LogP contribution >= 0.6 is 15.9 Å². The van der Waals surface area contributed by atoms with Crippen molar-refractivity contribution in [2.75, 3.05) is 23.3 Å². The van der Waals surface area contributed by atoms with E-state index in [9.17, 15) is 0 Å². The van der Waals surface area contributed by atoms with Gasteiger partial charge in [0, 0.05) is 17.6 Å². The van der Waals surface area contributed by atoms with E-state index in [1.807, 2.05) is 0 Å². The van der Waals surface area contributed by atoms with Gasteiger partial charge in [-0.1, -0.05) is 28.8 Å². The molecule has 1 aromatic rings. The minimum atomic E-state index is 0.385. The van der Waals surface area contributed by atoms with Gasteiger partial charge in [-0.15, -0.1) is 0 Å². The largest absolute Gasteiger partial charge is 0.381 e. The van der Waals surface area contributed by atoms with Crippen molar-refractivity contribution in [1.29, 1.82) is 0 Å². The van der Waals surface area contributed by atoms with Crippen LogP contribution in [0, 0.1) is 0 Å². The summed E-state index contributed by atoms with van der Waals surface area (Å²) < 4.78 is 1.15. The Morgan fingerprint density at radius 1 is 1.35 bits per heavy atom. The quantitative estimate of drug-likeness (QED) is 0.842. The van der Waals surface area contributed by atoms with Crippen molar-refractivity contribution < 1.29 is 0 Å². The molecule has 2 nitrogen and oxygen atoms in total. The Balaban J connectivity index is 2.03. The molecule has 1 spiro atoms. The molecule has 1 fully saturated rings. The molecule has 0 unspecified atom stereocenters. The van der Waals surface area contributed by atoms with E-state index in [1.165, 1.54) is 37.1 Å². The van der Waals surface area contributed by atoms with Crippen molar-refractivity contribution in [2.24, 2.45) is 0 Å². The zero-order valence-electron chi connectivity index (χ0n) is 10.3. The summed E-state index contributed by atoms with van der Waals surface area (Å²) in [4.78, 5) is 2.62. The predicted molar refractivity (Wildman–Crippen MR) is 76.9 cm³/mol. The molecule has 92 valence electrons. The van der Waals surface area contributed by atoms with Crippen molar-refractivity contribution in [2.45, 2.75) is 38.1 Å². The van der Waals surface area contributed by atoms with Crippen LogP contribution in [0.25, 0.3) is 0 Å². The van der Waals surface area contributed by atoms with Crippen LogP contribution in [-0.4, -0.2) is 18.6 Å². The number of halogens is 1. The Kier molecular flexibility index (Phi) is 2.81. The normalized spacial score (nSPS) is 21.4. The molecule has 1 N–H and O–H groups in total. The Labute approximate surface area is 112 Å². The van der Waals surface area contributed by atoms with E-state index in [-0.39, 0.29) is 0 Å². The van der Waals surface area contributed by atoms with Crippen molar-refractivity contribution in [1.82, 2.24) is 0 Å². The van der Waals surface area contributed by atoms with Gasteiger partial charge in [-0.25, -0.2) is 0 Å². The number of anilines is 2. The van der Waals surface area contributed by atoms with E-state index >= 15 is 0 Å². The second kappa shape index (κ2) is 4.20. The summed E-state index contributed by atoms with van der Waals surface area (Å²) in [6, 6.07) is 6.59. The number of nitrogens with one attached hydrogen (secondary N) is 1. The maximum atomic E-state index is 3.63. The number of rotatable bonds is 1. The smallest absolute Gasteiger partial charge is 0.0608 e. The van der Waals surface area contributed by atoms with E-state index in [2.05, 4.69) is 51.3 Å². The topological polar surface area (TPSA) is 15.3 Å². The molecule has 0 aromatic heterocycles. The highest BCUT2D eigenvalue weighted by Gasteiger charge is 2.42. The Hall–Kier alpha value is -0.700. The highest BCUT2D eigenvalue weighted by Crippen LogP contribution is 2.44. The van der Waals surface area contributed by atoms with Crippen LogP contribution in [0.5, 0.6) is 0 Å². The van der Waals surface area contributed by atoms with E-state index in [1.54, 1.807) is 0 Å². The summed E-state index contributed by atoms with van der Waals surface area (Å²) in [5, 5.41) is 3.63. The van der Waals surface area contributed by atoms with Gasteiger partial charge in [-0.05, 0) is 38.0 Å². The van der Waals surface area contributed by atoms with Crippen molar-refractivity contribution >= 4 is 27.3 Å². The molecule has 17 heavy (non-hydrogen) atoms. The molecule has 2 aliphatic rings. The first-order valence-electron chi connectivity index (χ1n) is 6.56. The standard InChI is InChI=1S/C14H19BrN2/c1-2-17-13-6-5-11(15)9-12(13)16-10-14(17)7-3-4-8-14/h5-6,9,16H,2-4,7-8,10H2,1H3. The van der Waals surface area contributed by atoms with E-state index in [0.717, 1.165) is 17.6 Å². The summed E-state index contributed by atoms with van der Waals surface area (Å²) in [7, 11) is 0. The maximum absolute atomic E-state index is 3.63. The molecule has 0 atom stereocenters. The highest BCUT2D eigenvalue weighted by molar-refractivity contribution is 9.10. The summed E-state index contributed by atoms with van der Waals surface area (Å²) >= 11 is 3.55. The van der Waals surface area contributed by atoms with Crippen LogP contribution in [0.1, 0.15) is 32.6 Å². The van der Waals surface area contributed by atoms with E-state index < -0.39 is 0 Å². The summed E-state index contributed by atoms with van der Waals surface area (Å²) in [6.45, 7) is 4.48. The van der Waals surface area contributed by atoms with Crippen molar-refractivity contribution in [3.63, 3.8) is 0 Å². The van der Waals surface area contributed by atoms with E-state index in [4.69, 9.17) is 0 Å². The van der Waals surface area contributed by atoms with Gasteiger partial charge in [-0.2, -0.15) is 0 Å². The van der Waals surface area contributed by atoms with Gasteiger partial charge >= 0.3 is 0 Å². The van der Waals surface area contributed by atoms with E-state index in [0.29, 0.717) is 5.54 Å². The van der Waals surface area contributed by atoms with Gasteiger partial charge in [0.1, 0.15) is 0 Å². The molecule has 1 heterocycles.